The number of hydrogen-bond acceptors (Lipinski definition) is 3. The minimum atomic E-state index is 0.00264. The van der Waals surface area contributed by atoms with Crippen LogP contribution in [0.5, 0.6) is 0 Å². The minimum Gasteiger partial charge on any atom is -0.341 e. The van der Waals surface area contributed by atoms with Crippen molar-refractivity contribution in [2.75, 3.05) is 13.6 Å². The summed E-state index contributed by atoms with van der Waals surface area (Å²) >= 11 is 0. The number of hydrogen-bond donors (Lipinski definition) is 2. The summed E-state index contributed by atoms with van der Waals surface area (Å²) in [5, 5.41) is 0. The quantitative estimate of drug-likeness (QED) is 0.786. The van der Waals surface area contributed by atoms with Crippen LogP contribution in [0.25, 0.3) is 0 Å². The molecule has 1 aliphatic carbocycles. The van der Waals surface area contributed by atoms with Gasteiger partial charge in [0.1, 0.15) is 5.69 Å². The van der Waals surface area contributed by atoms with Crippen molar-refractivity contribution in [2.24, 2.45) is 11.7 Å². The van der Waals surface area contributed by atoms with E-state index in [0.29, 0.717) is 18.2 Å². The Morgan fingerprint density at radius 2 is 2.50 bits per heavy atom. The van der Waals surface area contributed by atoms with Crippen molar-refractivity contribution in [3.63, 3.8) is 0 Å². The highest BCUT2D eigenvalue weighted by molar-refractivity contribution is 5.92. The second kappa shape index (κ2) is 4.65. The van der Waals surface area contributed by atoms with E-state index in [2.05, 4.69) is 9.97 Å². The third-order valence-corrected chi connectivity index (χ3v) is 3.47. The van der Waals surface area contributed by atoms with E-state index < -0.39 is 0 Å². The van der Waals surface area contributed by atoms with E-state index in [1.165, 1.54) is 6.33 Å². The van der Waals surface area contributed by atoms with Gasteiger partial charge >= 0.3 is 0 Å². The highest BCUT2D eigenvalue weighted by Crippen LogP contribution is 2.29. The number of nitrogens with zero attached hydrogens (tertiary/aromatic N) is 2. The van der Waals surface area contributed by atoms with Crippen LogP contribution in [0.15, 0.2) is 12.5 Å². The molecule has 0 saturated heterocycles. The molecule has 16 heavy (non-hydrogen) atoms. The molecule has 0 aliphatic heterocycles. The number of imidazole rings is 1. The predicted octanol–water partition coefficient (Wildman–Crippen LogP) is 0.609. The van der Waals surface area contributed by atoms with Crippen LogP contribution in [0.4, 0.5) is 0 Å². The number of amides is 1. The van der Waals surface area contributed by atoms with Crippen molar-refractivity contribution in [1.82, 2.24) is 14.9 Å². The monoisotopic (exact) mass is 222 g/mol. The lowest BCUT2D eigenvalue weighted by atomic mass is 10.0. The van der Waals surface area contributed by atoms with Crippen LogP contribution in [0.1, 0.15) is 29.8 Å². The van der Waals surface area contributed by atoms with Gasteiger partial charge in [0, 0.05) is 13.1 Å². The summed E-state index contributed by atoms with van der Waals surface area (Å²) in [5.41, 5.74) is 6.27. The Bertz CT molecular complexity index is 349. The Hall–Kier alpha value is -1.36. The zero-order chi connectivity index (χ0) is 11.5. The van der Waals surface area contributed by atoms with Crippen LogP contribution in [-0.2, 0) is 0 Å². The summed E-state index contributed by atoms with van der Waals surface area (Å²) in [6.45, 7) is 0.658. The molecule has 0 bridgehead atoms. The second-order valence-corrected chi connectivity index (χ2v) is 4.38. The van der Waals surface area contributed by atoms with Crippen molar-refractivity contribution in [3.05, 3.63) is 18.2 Å². The Kier molecular flexibility index (Phi) is 3.24. The van der Waals surface area contributed by atoms with E-state index in [1.54, 1.807) is 11.1 Å². The molecule has 3 N–H and O–H groups in total. The van der Waals surface area contributed by atoms with Gasteiger partial charge in [-0.3, -0.25) is 4.79 Å². The molecule has 1 amide bonds. The molecule has 1 fully saturated rings. The van der Waals surface area contributed by atoms with Gasteiger partial charge in [0.2, 0.25) is 0 Å². The molecule has 1 saturated carbocycles. The number of aromatic amines is 1. The van der Waals surface area contributed by atoms with Crippen molar-refractivity contribution in [3.8, 4) is 0 Å². The molecule has 1 aliphatic rings. The van der Waals surface area contributed by atoms with Crippen molar-refractivity contribution in [1.29, 1.82) is 0 Å². The number of H-pyrrole nitrogens is 1. The Balaban J connectivity index is 2.07. The second-order valence-electron chi connectivity index (χ2n) is 4.38. The summed E-state index contributed by atoms with van der Waals surface area (Å²) in [6, 6.07) is 0.279. The highest BCUT2D eigenvalue weighted by atomic mass is 16.2. The van der Waals surface area contributed by atoms with E-state index in [-0.39, 0.29) is 11.9 Å². The molecule has 0 radical (unpaired) electrons. The predicted molar refractivity (Wildman–Crippen MR) is 60.9 cm³/mol. The first-order chi connectivity index (χ1) is 7.74. The van der Waals surface area contributed by atoms with Crippen LogP contribution in [-0.4, -0.2) is 40.4 Å². The van der Waals surface area contributed by atoms with E-state index in [9.17, 15) is 4.79 Å². The third-order valence-electron chi connectivity index (χ3n) is 3.47. The minimum absolute atomic E-state index is 0.00264. The molecule has 2 atom stereocenters. The highest BCUT2D eigenvalue weighted by Gasteiger charge is 2.32. The lowest BCUT2D eigenvalue weighted by Gasteiger charge is -2.28. The van der Waals surface area contributed by atoms with E-state index in [0.717, 1.165) is 19.3 Å². The fourth-order valence-corrected chi connectivity index (χ4v) is 2.52. The van der Waals surface area contributed by atoms with Crippen molar-refractivity contribution in [2.45, 2.75) is 25.3 Å². The molecule has 2 rings (SSSR count). The lowest BCUT2D eigenvalue weighted by Crippen LogP contribution is -2.41. The molecular formula is C11H18N4O. The van der Waals surface area contributed by atoms with Gasteiger partial charge in [-0.05, 0) is 25.3 Å². The Morgan fingerprint density at radius 1 is 1.69 bits per heavy atom. The van der Waals surface area contributed by atoms with Gasteiger partial charge in [-0.25, -0.2) is 4.98 Å². The fourth-order valence-electron chi connectivity index (χ4n) is 2.52. The van der Waals surface area contributed by atoms with Crippen molar-refractivity contribution < 1.29 is 4.79 Å². The molecule has 1 heterocycles. The van der Waals surface area contributed by atoms with Gasteiger partial charge < -0.3 is 15.6 Å². The average Bonchev–Trinajstić information content (AvgIpc) is 2.97. The summed E-state index contributed by atoms with van der Waals surface area (Å²) in [6.07, 6.45) is 6.43. The fraction of sp³-hybridized carbons (Fsp3) is 0.636. The lowest BCUT2D eigenvalue weighted by molar-refractivity contribution is 0.0694. The zero-order valence-corrected chi connectivity index (χ0v) is 9.52. The molecular weight excluding hydrogens is 204 g/mol. The molecule has 0 spiro atoms. The van der Waals surface area contributed by atoms with E-state index in [4.69, 9.17) is 5.73 Å². The van der Waals surface area contributed by atoms with E-state index >= 15 is 0 Å². The molecule has 5 nitrogen and oxygen atoms in total. The largest absolute Gasteiger partial charge is 0.341 e. The Labute approximate surface area is 95.0 Å². The normalized spacial score (nSPS) is 24.6. The zero-order valence-electron chi connectivity index (χ0n) is 9.52. The van der Waals surface area contributed by atoms with Gasteiger partial charge in [-0.15, -0.1) is 0 Å². The topological polar surface area (TPSA) is 75.0 Å². The van der Waals surface area contributed by atoms with Gasteiger partial charge in [0.15, 0.2) is 0 Å². The summed E-state index contributed by atoms with van der Waals surface area (Å²) in [4.78, 5) is 20.6. The van der Waals surface area contributed by atoms with Crippen LogP contribution < -0.4 is 5.73 Å². The number of carbonyl (C=O) groups is 1. The maximum Gasteiger partial charge on any atom is 0.271 e. The third kappa shape index (κ3) is 1.95. The van der Waals surface area contributed by atoms with E-state index in [1.807, 2.05) is 7.05 Å². The van der Waals surface area contributed by atoms with Crippen molar-refractivity contribution >= 4 is 5.91 Å². The molecule has 0 aromatic carbocycles. The molecule has 2 unspecified atom stereocenters. The molecule has 1 aromatic heterocycles. The first-order valence-corrected chi connectivity index (χ1v) is 5.69. The number of rotatable bonds is 3. The Morgan fingerprint density at radius 3 is 3.12 bits per heavy atom. The maximum atomic E-state index is 12.1. The summed E-state index contributed by atoms with van der Waals surface area (Å²) in [5.74, 6) is 0.444. The van der Waals surface area contributed by atoms with Crippen LogP contribution >= 0.6 is 0 Å². The van der Waals surface area contributed by atoms with Gasteiger partial charge in [-0.1, -0.05) is 6.42 Å². The summed E-state index contributed by atoms with van der Waals surface area (Å²) in [7, 11) is 1.85. The van der Waals surface area contributed by atoms with Gasteiger partial charge in [0.25, 0.3) is 5.91 Å². The summed E-state index contributed by atoms with van der Waals surface area (Å²) < 4.78 is 0. The first-order valence-electron chi connectivity index (χ1n) is 5.69. The van der Waals surface area contributed by atoms with Gasteiger partial charge in [-0.2, -0.15) is 0 Å². The smallest absolute Gasteiger partial charge is 0.271 e. The number of carbonyl (C=O) groups excluding carboxylic acids is 1. The van der Waals surface area contributed by atoms with Crippen LogP contribution in [0.3, 0.4) is 0 Å². The molecule has 5 heteroatoms. The van der Waals surface area contributed by atoms with Crippen LogP contribution in [0, 0.1) is 5.92 Å². The molecule has 88 valence electrons. The number of nitrogens with two attached hydrogens (primary N) is 1. The maximum absolute atomic E-state index is 12.1. The number of nitrogens with one attached hydrogen (secondary N) is 1. The van der Waals surface area contributed by atoms with Gasteiger partial charge in [0.05, 0.1) is 12.5 Å². The first kappa shape index (κ1) is 11.1. The number of aromatic nitrogens is 2. The standard InChI is InChI=1S/C11H18N4O/c1-15(10-4-2-3-8(10)5-12)11(16)9-6-13-7-14-9/h6-8,10H,2-5,12H2,1H3,(H,13,14). The SMILES string of the molecule is CN(C(=O)c1cnc[nH]1)C1CCCC1CN. The van der Waals surface area contributed by atoms with Crippen LogP contribution in [0.2, 0.25) is 0 Å². The molecule has 1 aromatic rings. The average molecular weight is 222 g/mol.